The molecular weight excluding hydrogens is 276 g/mol. The molecule has 1 nitrogen and oxygen atoms in total. The Balaban J connectivity index is -0.00000000500. The van der Waals surface area contributed by atoms with Crippen LogP contribution >= 0.6 is 0 Å². The molecule has 0 atom stereocenters. The molecule has 0 aliphatic heterocycles. The van der Waals surface area contributed by atoms with Crippen molar-refractivity contribution in [3.8, 4) is 0 Å². The van der Waals surface area contributed by atoms with Crippen molar-refractivity contribution < 1.29 is 74.8 Å². The van der Waals surface area contributed by atoms with Crippen LogP contribution in [0, 0.1) is 39.8 Å². The standard InChI is InChI=1S/Ce.Cu.Fe.O. The van der Waals surface area contributed by atoms with Crippen LogP contribution in [0.25, 0.3) is 0 Å². The minimum atomic E-state index is 0. The third-order valence-electron chi connectivity index (χ3n) is 0. The van der Waals surface area contributed by atoms with Gasteiger partial charge < -0.3 is 0 Å². The zero-order chi connectivity index (χ0) is 2.00. The van der Waals surface area contributed by atoms with E-state index in [2.05, 4.69) is 0 Å². The van der Waals surface area contributed by atoms with E-state index in [1.54, 1.807) is 0 Å². The van der Waals surface area contributed by atoms with E-state index in [1.807, 2.05) is 0 Å². The third-order valence-corrected chi connectivity index (χ3v) is 0. The average molecular weight is 276 g/mol. The summed E-state index contributed by atoms with van der Waals surface area (Å²) in [6.45, 7) is 0. The van der Waals surface area contributed by atoms with E-state index < -0.39 is 0 Å². The Kier molecular flexibility index (Phi) is 77.2. The molecular formula is CeCuFeO. The fraction of sp³-hybridized carbons (Fsp3) is 0. The Morgan fingerprint density at radius 3 is 1.25 bits per heavy atom. The number of hydrogen-bond donors (Lipinski definition) is 0. The van der Waals surface area contributed by atoms with Crippen LogP contribution in [0.5, 0.6) is 0 Å². The molecule has 0 heterocycles. The summed E-state index contributed by atoms with van der Waals surface area (Å²) < 4.78 is 8.39. The van der Waals surface area contributed by atoms with Crippen molar-refractivity contribution >= 4 is 0 Å². The van der Waals surface area contributed by atoms with Gasteiger partial charge in [0.2, 0.25) is 0 Å². The van der Waals surface area contributed by atoms with Gasteiger partial charge in [0.25, 0.3) is 0 Å². The van der Waals surface area contributed by atoms with E-state index in [0.29, 0.717) is 0 Å². The van der Waals surface area contributed by atoms with Crippen LogP contribution in [0.15, 0.2) is 0 Å². The molecule has 0 rings (SSSR count). The molecule has 1 radical (unpaired) electrons. The van der Waals surface area contributed by atoms with Gasteiger partial charge in [-0.2, -0.15) is 0 Å². The first-order chi connectivity index (χ1) is 1.00. The van der Waals surface area contributed by atoms with Crippen LogP contribution in [0.2, 0.25) is 0 Å². The molecule has 0 spiro atoms. The van der Waals surface area contributed by atoms with Gasteiger partial charge in [-0.1, -0.05) is 0 Å². The summed E-state index contributed by atoms with van der Waals surface area (Å²) >= 11 is 0.0556. The van der Waals surface area contributed by atoms with Crippen LogP contribution < -0.4 is 0 Å². The van der Waals surface area contributed by atoms with E-state index in [-0.39, 0.29) is 73.9 Å². The minimum absolute atomic E-state index is 0. The van der Waals surface area contributed by atoms with Gasteiger partial charge in [0.15, 0.2) is 0 Å². The molecule has 0 unspecified atom stereocenters. The summed E-state index contributed by atoms with van der Waals surface area (Å²) in [6, 6.07) is 0. The van der Waals surface area contributed by atoms with Crippen molar-refractivity contribution in [1.82, 2.24) is 0 Å². The molecule has 0 aromatic carbocycles. The molecule has 0 N–H and O–H groups in total. The topological polar surface area (TPSA) is 17.1 Å². The Hall–Kier alpha value is 2.22. The monoisotopic (exact) mass is 275 g/mol. The fourth-order valence-electron chi connectivity index (χ4n) is 0. The summed E-state index contributed by atoms with van der Waals surface area (Å²) in [5.41, 5.74) is 0. The molecule has 0 aromatic heterocycles. The van der Waals surface area contributed by atoms with Crippen molar-refractivity contribution in [2.75, 3.05) is 0 Å². The predicted molar refractivity (Wildman–Crippen MR) is 0.686 cm³/mol. The molecule has 0 aliphatic rings. The van der Waals surface area contributed by atoms with Crippen molar-refractivity contribution in [3.05, 3.63) is 0 Å². The van der Waals surface area contributed by atoms with Gasteiger partial charge in [-0.05, 0) is 0 Å². The number of hydrogen-bond acceptors (Lipinski definition) is 1. The number of rotatable bonds is 0. The first-order valence-corrected chi connectivity index (χ1v) is 1.49. The second-order valence-corrected chi connectivity index (χ2v) is 0. The summed E-state index contributed by atoms with van der Waals surface area (Å²) in [5, 5.41) is 0. The van der Waals surface area contributed by atoms with E-state index in [0.717, 1.165) is 0 Å². The predicted octanol–water partition coefficient (Wildman–Crippen LogP) is -0.124. The van der Waals surface area contributed by atoms with Crippen LogP contribution in [0.1, 0.15) is 0 Å². The zero-order valence-electron chi connectivity index (χ0n) is 1.56. The molecule has 4 heteroatoms. The molecule has 0 fully saturated rings. The van der Waals surface area contributed by atoms with Gasteiger partial charge >= 0.3 is 40.7 Å². The van der Waals surface area contributed by atoms with E-state index >= 15 is 0 Å². The Morgan fingerprint density at radius 1 is 1.25 bits per heavy atom. The van der Waals surface area contributed by atoms with Crippen molar-refractivity contribution in [2.24, 2.45) is 0 Å². The first-order valence-electron chi connectivity index (χ1n) is 0.204. The second kappa shape index (κ2) is 18.9. The zero-order valence-corrected chi connectivity index (χ0v) is 6.75. The van der Waals surface area contributed by atoms with E-state index in [4.69, 9.17) is 0.938 Å². The molecule has 29 valence electrons. The van der Waals surface area contributed by atoms with E-state index in [9.17, 15) is 0 Å². The summed E-state index contributed by atoms with van der Waals surface area (Å²) in [4.78, 5) is 0. The molecule has 0 amide bonds. The second-order valence-electron chi connectivity index (χ2n) is 0. The fourth-order valence-corrected chi connectivity index (χ4v) is 0. The van der Waals surface area contributed by atoms with Crippen molar-refractivity contribution in [2.45, 2.75) is 0 Å². The van der Waals surface area contributed by atoms with Crippen molar-refractivity contribution in [1.29, 1.82) is 0 Å². The van der Waals surface area contributed by atoms with E-state index in [1.165, 1.54) is 0 Å². The van der Waals surface area contributed by atoms with Gasteiger partial charge in [-0.15, -0.1) is 0 Å². The molecule has 0 aromatic rings. The first kappa shape index (κ1) is 16.4. The van der Waals surface area contributed by atoms with Crippen LogP contribution in [-0.2, 0) is 35.1 Å². The van der Waals surface area contributed by atoms with Gasteiger partial charge in [-0.25, -0.2) is 0 Å². The SMILES string of the molecule is [Cu].[Fe].[O]=[Ce]. The maximum absolute atomic E-state index is 8.39. The van der Waals surface area contributed by atoms with Gasteiger partial charge in [0.1, 0.15) is 0 Å². The Morgan fingerprint density at radius 2 is 1.25 bits per heavy atom. The molecule has 0 saturated carbocycles. The summed E-state index contributed by atoms with van der Waals surface area (Å²) in [7, 11) is 0. The van der Waals surface area contributed by atoms with Gasteiger partial charge in [0, 0.05) is 34.1 Å². The Bertz CT molecular complexity index is 8.00. The van der Waals surface area contributed by atoms with Gasteiger partial charge in [-0.3, -0.25) is 0 Å². The van der Waals surface area contributed by atoms with Gasteiger partial charge in [0.05, 0.1) is 0 Å². The van der Waals surface area contributed by atoms with Crippen LogP contribution in [0.4, 0.5) is 0 Å². The Labute approximate surface area is 73.4 Å². The average Bonchev–Trinajstić information content (AvgIpc) is 1.00. The van der Waals surface area contributed by atoms with Crippen LogP contribution in [-0.4, -0.2) is 0 Å². The van der Waals surface area contributed by atoms with Crippen molar-refractivity contribution in [3.63, 3.8) is 0 Å². The summed E-state index contributed by atoms with van der Waals surface area (Å²) in [6.07, 6.45) is 0. The molecule has 0 aliphatic carbocycles. The maximum atomic E-state index is 8.39. The normalized spacial score (nSPS) is 0.750. The third kappa shape index (κ3) is 8.88. The quantitative estimate of drug-likeness (QED) is 0.563. The molecule has 0 saturated heterocycles. The summed E-state index contributed by atoms with van der Waals surface area (Å²) in [5.74, 6) is 0. The van der Waals surface area contributed by atoms with Crippen LogP contribution in [0.3, 0.4) is 0 Å². The molecule has 0 bridgehead atoms. The molecule has 4 heavy (non-hydrogen) atoms.